The van der Waals surface area contributed by atoms with Crippen molar-refractivity contribution in [2.75, 3.05) is 0 Å². The highest BCUT2D eigenvalue weighted by molar-refractivity contribution is 5.77. The standard InChI is InChI=1S/C10H8O2.C9H8N2O.C2H4/c1-7-6-12-9-5-3-2-4-8(9)10(7)11;1-6-9(12)7-4-2-3-5-8(7)11-10-6;1-2/h2-6H,1H3;2-5H,1H3,(H,11,12);1-2H2. The number of nitrogens with zero attached hydrogens (tertiary/aromatic N) is 1. The Balaban J connectivity index is 0.000000171. The number of nitrogens with one attached hydrogen (secondary N) is 1. The molecule has 0 saturated carbocycles. The number of aromatic nitrogens is 2. The minimum absolute atomic E-state index is 0.00403. The second-order valence-electron chi connectivity index (χ2n) is 5.43. The summed E-state index contributed by atoms with van der Waals surface area (Å²) in [6, 6.07) is 14.6. The fraction of sp³-hybridized carbons (Fsp3) is 0.0952. The van der Waals surface area contributed by atoms with Crippen molar-refractivity contribution in [2.45, 2.75) is 13.8 Å². The molecule has 0 aliphatic rings. The molecule has 0 aliphatic carbocycles. The number of hydrogen-bond donors (Lipinski definition) is 1. The summed E-state index contributed by atoms with van der Waals surface area (Å²) in [7, 11) is 0. The lowest BCUT2D eigenvalue weighted by molar-refractivity contribution is 0.597. The number of hydrogen-bond acceptors (Lipinski definition) is 4. The van der Waals surface area contributed by atoms with Crippen LogP contribution in [0.3, 0.4) is 0 Å². The van der Waals surface area contributed by atoms with Crippen LogP contribution in [0.15, 0.2) is 82.0 Å². The highest BCUT2D eigenvalue weighted by Gasteiger charge is 2.01. The van der Waals surface area contributed by atoms with Gasteiger partial charge in [-0.1, -0.05) is 24.3 Å². The lowest BCUT2D eigenvalue weighted by Crippen LogP contribution is -2.09. The van der Waals surface area contributed by atoms with Crippen molar-refractivity contribution < 1.29 is 4.42 Å². The fourth-order valence-corrected chi connectivity index (χ4v) is 2.34. The monoisotopic (exact) mass is 348 g/mol. The van der Waals surface area contributed by atoms with Gasteiger partial charge in [-0.3, -0.25) is 14.7 Å². The number of fused-ring (bicyclic) bond motifs is 2. The third-order valence-corrected chi connectivity index (χ3v) is 3.70. The van der Waals surface area contributed by atoms with Gasteiger partial charge < -0.3 is 4.42 Å². The Hall–Kier alpha value is -3.47. The van der Waals surface area contributed by atoms with Crippen LogP contribution in [0.1, 0.15) is 11.3 Å². The molecule has 5 heteroatoms. The molecule has 132 valence electrons. The summed E-state index contributed by atoms with van der Waals surface area (Å²) in [6.45, 7) is 9.45. The van der Waals surface area contributed by atoms with Crippen LogP contribution < -0.4 is 10.9 Å². The number of benzene rings is 2. The van der Waals surface area contributed by atoms with Crippen molar-refractivity contribution in [3.63, 3.8) is 0 Å². The average molecular weight is 348 g/mol. The van der Waals surface area contributed by atoms with Gasteiger partial charge >= 0.3 is 0 Å². The van der Waals surface area contributed by atoms with Crippen LogP contribution in [0.2, 0.25) is 0 Å². The second kappa shape index (κ2) is 8.58. The van der Waals surface area contributed by atoms with Crippen LogP contribution in [0.25, 0.3) is 21.9 Å². The lowest BCUT2D eigenvalue weighted by atomic mass is 10.2. The first kappa shape index (κ1) is 18.9. The minimum atomic E-state index is 0.00403. The summed E-state index contributed by atoms with van der Waals surface area (Å²) in [6.07, 6.45) is 1.49. The Morgan fingerprint density at radius 1 is 0.885 bits per heavy atom. The van der Waals surface area contributed by atoms with Gasteiger partial charge in [-0.15, -0.1) is 13.2 Å². The molecule has 2 heterocycles. The SMILES string of the molecule is C=C.Cc1coc2ccccc2c1=O.Cc1n[nH]c2ccccc2c1=O. The van der Waals surface area contributed by atoms with E-state index in [1.165, 1.54) is 6.26 Å². The molecule has 2 aromatic heterocycles. The molecule has 0 unspecified atom stereocenters. The molecule has 0 saturated heterocycles. The molecule has 1 N–H and O–H groups in total. The van der Waals surface area contributed by atoms with Crippen LogP contribution in [0, 0.1) is 13.8 Å². The summed E-state index contributed by atoms with van der Waals surface area (Å²) >= 11 is 0. The molecule has 5 nitrogen and oxygen atoms in total. The highest BCUT2D eigenvalue weighted by Crippen LogP contribution is 2.09. The van der Waals surface area contributed by atoms with E-state index >= 15 is 0 Å². The number of aryl methyl sites for hydroxylation is 2. The van der Waals surface area contributed by atoms with Crippen molar-refractivity contribution in [2.24, 2.45) is 0 Å². The van der Waals surface area contributed by atoms with Gasteiger partial charge in [0, 0.05) is 10.9 Å². The van der Waals surface area contributed by atoms with Gasteiger partial charge in [0.25, 0.3) is 0 Å². The Morgan fingerprint density at radius 2 is 1.50 bits per heavy atom. The predicted octanol–water partition coefficient (Wildman–Crippen LogP) is 4.14. The van der Waals surface area contributed by atoms with E-state index < -0.39 is 0 Å². The van der Waals surface area contributed by atoms with Gasteiger partial charge in [0.05, 0.1) is 17.2 Å². The van der Waals surface area contributed by atoms with E-state index in [4.69, 9.17) is 4.42 Å². The van der Waals surface area contributed by atoms with Crippen LogP contribution >= 0.6 is 0 Å². The Bertz CT molecular complexity index is 1050. The molecular formula is C21H20N2O3. The molecule has 0 spiro atoms. The van der Waals surface area contributed by atoms with Crippen molar-refractivity contribution in [3.05, 3.63) is 99.7 Å². The third kappa shape index (κ3) is 3.95. The maximum Gasteiger partial charge on any atom is 0.210 e. The van der Waals surface area contributed by atoms with E-state index in [0.29, 0.717) is 27.6 Å². The van der Waals surface area contributed by atoms with Gasteiger partial charge in [0.1, 0.15) is 11.3 Å². The maximum absolute atomic E-state index is 11.5. The van der Waals surface area contributed by atoms with E-state index in [2.05, 4.69) is 23.4 Å². The zero-order chi connectivity index (χ0) is 19.1. The zero-order valence-corrected chi connectivity index (χ0v) is 14.8. The lowest BCUT2D eigenvalue weighted by Gasteiger charge is -1.95. The van der Waals surface area contributed by atoms with Gasteiger partial charge in [0.15, 0.2) is 5.43 Å². The van der Waals surface area contributed by atoms with Crippen LogP contribution in [0.4, 0.5) is 0 Å². The quantitative estimate of drug-likeness (QED) is 0.485. The second-order valence-corrected chi connectivity index (χ2v) is 5.43. The van der Waals surface area contributed by atoms with Crippen LogP contribution in [-0.4, -0.2) is 10.2 Å². The fourth-order valence-electron chi connectivity index (χ4n) is 2.34. The molecule has 26 heavy (non-hydrogen) atoms. The van der Waals surface area contributed by atoms with Gasteiger partial charge in [-0.05, 0) is 38.1 Å². The number of para-hydroxylation sites is 2. The van der Waals surface area contributed by atoms with Crippen molar-refractivity contribution in [3.8, 4) is 0 Å². The third-order valence-electron chi connectivity index (χ3n) is 3.70. The van der Waals surface area contributed by atoms with Gasteiger partial charge in [-0.2, -0.15) is 5.10 Å². The summed E-state index contributed by atoms with van der Waals surface area (Å²) in [5.41, 5.74) is 2.64. The molecule has 2 aromatic carbocycles. The predicted molar refractivity (Wildman–Crippen MR) is 106 cm³/mol. The largest absolute Gasteiger partial charge is 0.464 e. The van der Waals surface area contributed by atoms with Crippen LogP contribution in [-0.2, 0) is 0 Å². The molecule has 0 amide bonds. The first-order valence-electron chi connectivity index (χ1n) is 7.99. The Labute approximate surface area is 150 Å². The van der Waals surface area contributed by atoms with E-state index in [9.17, 15) is 9.59 Å². The number of rotatable bonds is 0. The zero-order valence-electron chi connectivity index (χ0n) is 14.8. The van der Waals surface area contributed by atoms with Crippen molar-refractivity contribution in [1.29, 1.82) is 0 Å². The maximum atomic E-state index is 11.5. The minimum Gasteiger partial charge on any atom is -0.464 e. The smallest absolute Gasteiger partial charge is 0.210 e. The van der Waals surface area contributed by atoms with Crippen LogP contribution in [0.5, 0.6) is 0 Å². The molecule has 0 radical (unpaired) electrons. The van der Waals surface area contributed by atoms with E-state index in [0.717, 1.165) is 5.52 Å². The van der Waals surface area contributed by atoms with Crippen molar-refractivity contribution in [1.82, 2.24) is 10.2 Å². The van der Waals surface area contributed by atoms with Crippen molar-refractivity contribution >= 4 is 21.9 Å². The summed E-state index contributed by atoms with van der Waals surface area (Å²) in [5.74, 6) is 0. The normalized spacial score (nSPS) is 9.77. The summed E-state index contributed by atoms with van der Waals surface area (Å²) in [4.78, 5) is 22.9. The molecular weight excluding hydrogens is 328 g/mol. The molecule has 0 aliphatic heterocycles. The summed E-state index contributed by atoms with van der Waals surface area (Å²) in [5, 5.41) is 8.03. The molecule has 0 bridgehead atoms. The molecule has 4 rings (SSSR count). The number of H-pyrrole nitrogens is 1. The first-order valence-corrected chi connectivity index (χ1v) is 7.99. The van der Waals surface area contributed by atoms with E-state index in [-0.39, 0.29) is 10.9 Å². The topological polar surface area (TPSA) is 76.0 Å². The van der Waals surface area contributed by atoms with Gasteiger partial charge in [-0.25, -0.2) is 0 Å². The molecule has 4 aromatic rings. The van der Waals surface area contributed by atoms with E-state index in [1.54, 1.807) is 32.0 Å². The first-order chi connectivity index (χ1) is 12.6. The van der Waals surface area contributed by atoms with Gasteiger partial charge in [0.2, 0.25) is 5.43 Å². The van der Waals surface area contributed by atoms with E-state index in [1.807, 2.05) is 30.3 Å². The number of aromatic amines is 1. The molecule has 0 atom stereocenters. The Kier molecular flexibility index (Phi) is 6.22. The Morgan fingerprint density at radius 3 is 2.23 bits per heavy atom. The average Bonchev–Trinajstić information content (AvgIpc) is 2.70. The molecule has 0 fully saturated rings. The summed E-state index contributed by atoms with van der Waals surface area (Å²) < 4.78 is 5.22. The highest BCUT2D eigenvalue weighted by atomic mass is 16.3.